The van der Waals surface area contributed by atoms with Crippen LogP contribution in [0.25, 0.3) is 10.8 Å². The molecule has 0 bridgehead atoms. The molecule has 1 heterocycles. The third kappa shape index (κ3) is 2.25. The van der Waals surface area contributed by atoms with Gasteiger partial charge in [-0.3, -0.25) is 4.98 Å². The Morgan fingerprint density at radius 2 is 2.29 bits per heavy atom. The smallest absolute Gasteiger partial charge is 0.339 e. The minimum atomic E-state index is -1.01. The number of carbonyl (C=O) groups is 1. The number of benzene rings is 1. The van der Waals surface area contributed by atoms with Gasteiger partial charge in [0.25, 0.3) is 0 Å². The van der Waals surface area contributed by atoms with Gasteiger partial charge in [-0.2, -0.15) is 0 Å². The van der Waals surface area contributed by atoms with E-state index >= 15 is 0 Å². The van der Waals surface area contributed by atoms with Crippen LogP contribution in [-0.4, -0.2) is 22.7 Å². The maximum Gasteiger partial charge on any atom is 0.339 e. The Morgan fingerprint density at radius 1 is 1.47 bits per heavy atom. The summed E-state index contributed by atoms with van der Waals surface area (Å²) >= 11 is 0. The minimum Gasteiger partial charge on any atom is -0.489 e. The second-order valence-electron chi connectivity index (χ2n) is 3.48. The van der Waals surface area contributed by atoms with Crippen LogP contribution < -0.4 is 4.74 Å². The van der Waals surface area contributed by atoms with Crippen molar-refractivity contribution in [3.63, 3.8) is 0 Å². The molecule has 1 aromatic carbocycles. The van der Waals surface area contributed by atoms with Crippen molar-refractivity contribution < 1.29 is 14.6 Å². The van der Waals surface area contributed by atoms with E-state index in [9.17, 15) is 4.79 Å². The fourth-order valence-electron chi connectivity index (χ4n) is 1.55. The maximum atomic E-state index is 11.1. The maximum absolute atomic E-state index is 11.1. The summed E-state index contributed by atoms with van der Waals surface area (Å²) in [7, 11) is 0. The third-order valence-corrected chi connectivity index (χ3v) is 2.33. The van der Waals surface area contributed by atoms with E-state index in [1.807, 2.05) is 0 Å². The second kappa shape index (κ2) is 4.65. The van der Waals surface area contributed by atoms with Crippen LogP contribution in [0, 0.1) is 0 Å². The number of hydrogen-bond donors (Lipinski definition) is 1. The first-order chi connectivity index (χ1) is 8.22. The van der Waals surface area contributed by atoms with Gasteiger partial charge in [-0.1, -0.05) is 12.7 Å². The number of aromatic carboxylic acids is 1. The largest absolute Gasteiger partial charge is 0.489 e. The van der Waals surface area contributed by atoms with Crippen LogP contribution in [0.15, 0.2) is 43.2 Å². The molecule has 0 amide bonds. The van der Waals surface area contributed by atoms with Gasteiger partial charge in [0, 0.05) is 17.8 Å². The number of rotatable bonds is 4. The number of fused-ring (bicyclic) bond motifs is 1. The summed E-state index contributed by atoms with van der Waals surface area (Å²) in [6.45, 7) is 3.80. The Labute approximate surface area is 98.2 Å². The Balaban J connectivity index is 2.57. The monoisotopic (exact) mass is 229 g/mol. The molecule has 17 heavy (non-hydrogen) atoms. The van der Waals surface area contributed by atoms with E-state index in [1.165, 1.54) is 0 Å². The standard InChI is InChI=1S/C13H11NO3/c1-2-5-17-12-7-10-8-14-4-3-9(10)6-11(12)13(15)16/h2-4,6-8H,1,5H2,(H,15,16). The van der Waals surface area contributed by atoms with Gasteiger partial charge in [0.15, 0.2) is 0 Å². The zero-order valence-corrected chi connectivity index (χ0v) is 9.09. The lowest BCUT2D eigenvalue weighted by Gasteiger charge is -2.08. The van der Waals surface area contributed by atoms with E-state index in [2.05, 4.69) is 11.6 Å². The Bertz CT molecular complexity index is 578. The van der Waals surface area contributed by atoms with Crippen LogP contribution in [0.4, 0.5) is 0 Å². The molecule has 0 radical (unpaired) electrons. The van der Waals surface area contributed by atoms with Crippen LogP contribution in [0.2, 0.25) is 0 Å². The zero-order chi connectivity index (χ0) is 12.3. The van der Waals surface area contributed by atoms with Crippen LogP contribution in [0.1, 0.15) is 10.4 Å². The zero-order valence-electron chi connectivity index (χ0n) is 9.09. The van der Waals surface area contributed by atoms with E-state index in [4.69, 9.17) is 9.84 Å². The lowest BCUT2D eigenvalue weighted by Crippen LogP contribution is -2.03. The van der Waals surface area contributed by atoms with Crippen molar-refractivity contribution in [3.8, 4) is 5.75 Å². The molecule has 0 aliphatic heterocycles. The normalized spacial score (nSPS) is 10.1. The van der Waals surface area contributed by atoms with Gasteiger partial charge < -0.3 is 9.84 Å². The van der Waals surface area contributed by atoms with Gasteiger partial charge in [0.1, 0.15) is 17.9 Å². The molecule has 0 atom stereocenters. The molecule has 2 aromatic rings. The van der Waals surface area contributed by atoms with E-state index in [-0.39, 0.29) is 12.2 Å². The number of hydrogen-bond acceptors (Lipinski definition) is 3. The molecule has 0 saturated carbocycles. The first-order valence-electron chi connectivity index (χ1n) is 5.07. The van der Waals surface area contributed by atoms with Gasteiger partial charge in [0.05, 0.1) is 0 Å². The minimum absolute atomic E-state index is 0.144. The summed E-state index contributed by atoms with van der Waals surface area (Å²) < 4.78 is 5.33. The molecule has 0 fully saturated rings. The summed E-state index contributed by atoms with van der Waals surface area (Å²) in [4.78, 5) is 15.1. The molecule has 2 rings (SSSR count). The van der Waals surface area contributed by atoms with Crippen LogP contribution in [0.3, 0.4) is 0 Å². The Hall–Kier alpha value is -2.36. The molecular formula is C13H11NO3. The van der Waals surface area contributed by atoms with Crippen LogP contribution >= 0.6 is 0 Å². The van der Waals surface area contributed by atoms with Crippen molar-refractivity contribution in [3.05, 3.63) is 48.8 Å². The van der Waals surface area contributed by atoms with Crippen molar-refractivity contribution in [1.82, 2.24) is 4.98 Å². The SMILES string of the molecule is C=CCOc1cc2cnccc2cc1C(=O)O. The molecule has 0 aliphatic rings. The molecule has 1 N–H and O–H groups in total. The average molecular weight is 229 g/mol. The number of aromatic nitrogens is 1. The Kier molecular flexibility index (Phi) is 3.05. The number of carboxylic acid groups (broad SMARTS) is 1. The van der Waals surface area contributed by atoms with E-state index in [1.54, 1.807) is 36.7 Å². The van der Waals surface area contributed by atoms with Crippen LogP contribution in [0.5, 0.6) is 5.75 Å². The number of pyridine rings is 1. The molecule has 0 unspecified atom stereocenters. The van der Waals surface area contributed by atoms with Crippen molar-refractivity contribution in [2.75, 3.05) is 6.61 Å². The summed E-state index contributed by atoms with van der Waals surface area (Å²) in [5, 5.41) is 10.8. The second-order valence-corrected chi connectivity index (χ2v) is 3.48. The molecule has 4 heteroatoms. The van der Waals surface area contributed by atoms with Crippen molar-refractivity contribution in [1.29, 1.82) is 0 Å². The number of ether oxygens (including phenoxy) is 1. The lowest BCUT2D eigenvalue weighted by molar-refractivity contribution is 0.0693. The van der Waals surface area contributed by atoms with E-state index in [0.717, 1.165) is 10.8 Å². The van der Waals surface area contributed by atoms with Crippen molar-refractivity contribution >= 4 is 16.7 Å². The Morgan fingerprint density at radius 3 is 3.00 bits per heavy atom. The van der Waals surface area contributed by atoms with Crippen molar-refractivity contribution in [2.24, 2.45) is 0 Å². The quantitative estimate of drug-likeness (QED) is 0.818. The highest BCUT2D eigenvalue weighted by molar-refractivity contribution is 5.97. The van der Waals surface area contributed by atoms with E-state index < -0.39 is 5.97 Å². The predicted molar refractivity (Wildman–Crippen MR) is 64.4 cm³/mol. The highest BCUT2D eigenvalue weighted by Gasteiger charge is 2.12. The fourth-order valence-corrected chi connectivity index (χ4v) is 1.55. The molecule has 1 aromatic heterocycles. The molecule has 0 spiro atoms. The summed E-state index contributed by atoms with van der Waals surface area (Å²) in [6.07, 6.45) is 4.86. The van der Waals surface area contributed by atoms with Gasteiger partial charge in [-0.15, -0.1) is 0 Å². The molecule has 4 nitrogen and oxygen atoms in total. The predicted octanol–water partition coefficient (Wildman–Crippen LogP) is 2.50. The van der Waals surface area contributed by atoms with E-state index in [0.29, 0.717) is 5.75 Å². The molecule has 0 aliphatic carbocycles. The average Bonchev–Trinajstić information content (AvgIpc) is 2.35. The van der Waals surface area contributed by atoms with Crippen LogP contribution in [-0.2, 0) is 0 Å². The summed E-state index contributed by atoms with van der Waals surface area (Å²) in [6, 6.07) is 5.02. The lowest BCUT2D eigenvalue weighted by atomic mass is 10.1. The fraction of sp³-hybridized carbons (Fsp3) is 0.0769. The topological polar surface area (TPSA) is 59.4 Å². The van der Waals surface area contributed by atoms with Crippen molar-refractivity contribution in [2.45, 2.75) is 0 Å². The summed E-state index contributed by atoms with van der Waals surface area (Å²) in [5.74, 6) is -0.680. The molecular weight excluding hydrogens is 218 g/mol. The third-order valence-electron chi connectivity index (χ3n) is 2.33. The first kappa shape index (κ1) is 11.1. The van der Waals surface area contributed by atoms with Gasteiger partial charge in [-0.25, -0.2) is 4.79 Å². The highest BCUT2D eigenvalue weighted by atomic mass is 16.5. The number of carboxylic acids is 1. The van der Waals surface area contributed by atoms with Gasteiger partial charge in [0.2, 0.25) is 0 Å². The number of nitrogens with zero attached hydrogens (tertiary/aromatic N) is 1. The van der Waals surface area contributed by atoms with Gasteiger partial charge in [-0.05, 0) is 23.6 Å². The summed E-state index contributed by atoms with van der Waals surface area (Å²) in [5.41, 5.74) is 0.144. The van der Waals surface area contributed by atoms with Gasteiger partial charge >= 0.3 is 5.97 Å². The first-order valence-corrected chi connectivity index (χ1v) is 5.07. The molecule has 86 valence electrons. The molecule has 0 saturated heterocycles. The highest BCUT2D eigenvalue weighted by Crippen LogP contribution is 2.25.